The molecule has 2 saturated heterocycles. The van der Waals surface area contributed by atoms with Crippen LogP contribution in [0.3, 0.4) is 0 Å². The van der Waals surface area contributed by atoms with Crippen molar-refractivity contribution in [3.05, 3.63) is 113 Å². The van der Waals surface area contributed by atoms with E-state index in [9.17, 15) is 22.7 Å². The van der Waals surface area contributed by atoms with Gasteiger partial charge in [0.25, 0.3) is 0 Å². The molecule has 50 heavy (non-hydrogen) atoms. The highest BCUT2D eigenvalue weighted by atomic mass is 32.2. The number of carboxylic acid groups (broad SMARTS) is 1. The molecule has 0 saturated carbocycles. The van der Waals surface area contributed by atoms with E-state index in [2.05, 4.69) is 27.5 Å². The van der Waals surface area contributed by atoms with Gasteiger partial charge in [-0.3, -0.25) is 14.4 Å². The van der Waals surface area contributed by atoms with Crippen molar-refractivity contribution in [2.75, 3.05) is 32.7 Å². The minimum absolute atomic E-state index is 0.0265. The summed E-state index contributed by atoms with van der Waals surface area (Å²) >= 11 is 0. The second-order valence-electron chi connectivity index (χ2n) is 14.1. The average molecular weight is 701 g/mol. The summed E-state index contributed by atoms with van der Waals surface area (Å²) in [6.07, 6.45) is 3.42. The fraction of sp³-hybridized carbons (Fsp3) is 0.450. The number of hydrogen-bond donors (Lipinski definition) is 1. The summed E-state index contributed by atoms with van der Waals surface area (Å²) in [6.45, 7) is 11.0. The number of likely N-dealkylation sites (tertiary alicyclic amines) is 2. The molecule has 0 spiro atoms. The summed E-state index contributed by atoms with van der Waals surface area (Å²) in [5, 5.41) is 15.1. The van der Waals surface area contributed by atoms with Crippen LogP contribution in [0.15, 0.2) is 94.7 Å². The van der Waals surface area contributed by atoms with E-state index >= 15 is 0 Å². The summed E-state index contributed by atoms with van der Waals surface area (Å²) in [5.74, 6) is -0.340. The van der Waals surface area contributed by atoms with Crippen molar-refractivity contribution in [1.29, 1.82) is 0 Å². The molecule has 8 nitrogen and oxygen atoms in total. The van der Waals surface area contributed by atoms with E-state index in [1.165, 1.54) is 11.8 Å². The molecule has 3 heterocycles. The zero-order valence-electron chi connectivity index (χ0n) is 29.3. The maximum Gasteiger partial charge on any atom is 0.321 e. The quantitative estimate of drug-likeness (QED) is 0.163. The van der Waals surface area contributed by atoms with Gasteiger partial charge in [-0.05, 0) is 98.3 Å². The van der Waals surface area contributed by atoms with E-state index in [0.29, 0.717) is 25.4 Å². The van der Waals surface area contributed by atoms with Crippen LogP contribution in [0.4, 0.5) is 4.39 Å². The second-order valence-corrected chi connectivity index (χ2v) is 16.1. The lowest BCUT2D eigenvalue weighted by molar-refractivity contribution is -0.145. The standard InChI is InChI=1S/C40H49FN4O4S/c1-4-28(3)39(40(46)47)44-26-32(37(27-44)31-10-9-11-33(41)23-31)25-43-20-18-30(19-21-43)38-24-34(42-45(38)5-2)22-29-14-16-36(17-15-29)50(48,49)35-12-7-6-8-13-35/h6-17,23-24,28,30,32,37,39H,4-5,18-22,25-27H2,1-3H3,(H,46,47)/t28-,32-,37+,39+/m0/s1. The Labute approximate surface area is 295 Å². The molecule has 3 aromatic carbocycles. The molecule has 6 rings (SSSR count). The number of benzene rings is 3. The molecule has 0 amide bonds. The molecule has 266 valence electrons. The molecule has 0 aliphatic carbocycles. The monoisotopic (exact) mass is 700 g/mol. The van der Waals surface area contributed by atoms with Crippen LogP contribution < -0.4 is 0 Å². The first-order chi connectivity index (χ1) is 24.1. The fourth-order valence-corrected chi connectivity index (χ4v) is 9.33. The topological polar surface area (TPSA) is 95.7 Å². The number of aromatic nitrogens is 2. The average Bonchev–Trinajstić information content (AvgIpc) is 3.73. The third-order valence-corrected chi connectivity index (χ3v) is 12.7. The van der Waals surface area contributed by atoms with Gasteiger partial charge in [-0.15, -0.1) is 0 Å². The first-order valence-electron chi connectivity index (χ1n) is 18.0. The highest BCUT2D eigenvalue weighted by Crippen LogP contribution is 2.38. The van der Waals surface area contributed by atoms with Crippen molar-refractivity contribution in [3.63, 3.8) is 0 Å². The van der Waals surface area contributed by atoms with Crippen LogP contribution in [0.25, 0.3) is 0 Å². The molecule has 10 heteroatoms. The largest absolute Gasteiger partial charge is 0.480 e. The maximum absolute atomic E-state index is 14.3. The van der Waals surface area contributed by atoms with Gasteiger partial charge in [-0.25, -0.2) is 12.8 Å². The number of hydrogen-bond acceptors (Lipinski definition) is 6. The number of carbonyl (C=O) groups is 1. The second kappa shape index (κ2) is 15.6. The number of piperidine rings is 1. The maximum atomic E-state index is 14.3. The zero-order valence-corrected chi connectivity index (χ0v) is 30.1. The molecule has 2 aliphatic rings. The van der Waals surface area contributed by atoms with Crippen LogP contribution in [0.2, 0.25) is 0 Å². The Bertz CT molecular complexity index is 1860. The molecular formula is C40H49FN4O4S. The minimum atomic E-state index is -3.56. The fourth-order valence-electron chi connectivity index (χ4n) is 8.04. The van der Waals surface area contributed by atoms with E-state index in [4.69, 9.17) is 5.10 Å². The molecule has 4 aromatic rings. The van der Waals surface area contributed by atoms with Crippen LogP contribution >= 0.6 is 0 Å². The normalized spacial score (nSPS) is 20.6. The van der Waals surface area contributed by atoms with Crippen LogP contribution in [-0.2, 0) is 27.6 Å². The summed E-state index contributed by atoms with van der Waals surface area (Å²) in [4.78, 5) is 17.6. The Morgan fingerprint density at radius 2 is 1.64 bits per heavy atom. The van der Waals surface area contributed by atoms with Gasteiger partial charge in [0, 0.05) is 50.1 Å². The highest BCUT2D eigenvalue weighted by Gasteiger charge is 2.42. The Hall–Kier alpha value is -3.86. The van der Waals surface area contributed by atoms with Crippen molar-refractivity contribution >= 4 is 15.8 Å². The lowest BCUT2D eigenvalue weighted by Gasteiger charge is -2.35. The summed E-state index contributed by atoms with van der Waals surface area (Å²) in [7, 11) is -3.56. The molecule has 0 bridgehead atoms. The molecule has 0 unspecified atom stereocenters. The first-order valence-corrected chi connectivity index (χ1v) is 19.5. The molecular weight excluding hydrogens is 652 g/mol. The Morgan fingerprint density at radius 1 is 0.940 bits per heavy atom. The van der Waals surface area contributed by atoms with Crippen molar-refractivity contribution in [2.24, 2.45) is 11.8 Å². The number of rotatable bonds is 13. The van der Waals surface area contributed by atoms with E-state index in [1.807, 2.05) is 32.0 Å². The van der Waals surface area contributed by atoms with Crippen LogP contribution in [0.5, 0.6) is 0 Å². The SMILES string of the molecule is CC[C@H](C)[C@H](C(=O)O)N1C[C@H](CN2CCC(c3cc(Cc4ccc(S(=O)(=O)c5ccccc5)cc4)nn3CC)CC2)[C@@H](c2cccc(F)c2)C1. The number of sulfone groups is 1. The lowest BCUT2D eigenvalue weighted by atomic mass is 9.87. The summed E-state index contributed by atoms with van der Waals surface area (Å²) in [6, 6.07) is 24.1. The van der Waals surface area contributed by atoms with Gasteiger partial charge in [-0.2, -0.15) is 5.10 Å². The number of halogens is 1. The van der Waals surface area contributed by atoms with Crippen molar-refractivity contribution in [2.45, 2.75) is 80.7 Å². The first kappa shape index (κ1) is 35.9. The van der Waals surface area contributed by atoms with E-state index in [0.717, 1.165) is 62.3 Å². The molecule has 4 atom stereocenters. The van der Waals surface area contributed by atoms with Gasteiger partial charge in [-0.1, -0.05) is 62.7 Å². The molecule has 1 aromatic heterocycles. The predicted octanol–water partition coefficient (Wildman–Crippen LogP) is 6.86. The Morgan fingerprint density at radius 3 is 2.28 bits per heavy atom. The van der Waals surface area contributed by atoms with Crippen molar-refractivity contribution in [1.82, 2.24) is 19.6 Å². The predicted molar refractivity (Wildman–Crippen MR) is 193 cm³/mol. The van der Waals surface area contributed by atoms with Crippen molar-refractivity contribution < 1.29 is 22.7 Å². The van der Waals surface area contributed by atoms with Crippen LogP contribution in [-0.4, -0.2) is 77.8 Å². The molecule has 1 N–H and O–H groups in total. The summed E-state index contributed by atoms with van der Waals surface area (Å²) < 4.78 is 42.5. The molecule has 2 fully saturated rings. The van der Waals surface area contributed by atoms with Gasteiger partial charge in [0.1, 0.15) is 11.9 Å². The number of aryl methyl sites for hydroxylation is 1. The Balaban J connectivity index is 1.10. The minimum Gasteiger partial charge on any atom is -0.480 e. The van der Waals surface area contributed by atoms with E-state index in [1.54, 1.807) is 54.6 Å². The van der Waals surface area contributed by atoms with Gasteiger partial charge < -0.3 is 10.0 Å². The molecule has 0 radical (unpaired) electrons. The van der Waals surface area contributed by atoms with Crippen LogP contribution in [0.1, 0.15) is 74.4 Å². The van der Waals surface area contributed by atoms with Gasteiger partial charge in [0.2, 0.25) is 9.84 Å². The highest BCUT2D eigenvalue weighted by molar-refractivity contribution is 7.91. The smallest absolute Gasteiger partial charge is 0.321 e. The third kappa shape index (κ3) is 7.87. The number of aliphatic carboxylic acids is 1. The number of nitrogens with zero attached hydrogens (tertiary/aromatic N) is 4. The lowest BCUT2D eigenvalue weighted by Crippen LogP contribution is -2.45. The van der Waals surface area contributed by atoms with E-state index in [-0.39, 0.29) is 33.4 Å². The van der Waals surface area contributed by atoms with Gasteiger partial charge in [0.05, 0.1) is 15.5 Å². The van der Waals surface area contributed by atoms with Gasteiger partial charge >= 0.3 is 5.97 Å². The Kier molecular flexibility index (Phi) is 11.2. The third-order valence-electron chi connectivity index (χ3n) is 10.9. The van der Waals surface area contributed by atoms with Crippen molar-refractivity contribution in [3.8, 4) is 0 Å². The number of carboxylic acids is 1. The van der Waals surface area contributed by atoms with Crippen LogP contribution in [0, 0.1) is 17.7 Å². The zero-order chi connectivity index (χ0) is 35.4. The summed E-state index contributed by atoms with van der Waals surface area (Å²) in [5.41, 5.74) is 4.18. The van der Waals surface area contributed by atoms with E-state index < -0.39 is 21.8 Å². The van der Waals surface area contributed by atoms with Gasteiger partial charge in [0.15, 0.2) is 0 Å². The molecule has 2 aliphatic heterocycles.